The van der Waals surface area contributed by atoms with E-state index in [4.69, 9.17) is 4.74 Å². The van der Waals surface area contributed by atoms with Gasteiger partial charge in [-0.05, 0) is 19.1 Å². The number of hydrogen-bond donors (Lipinski definition) is 3. The topological polar surface area (TPSA) is 79.5 Å². The van der Waals surface area contributed by atoms with E-state index in [1.165, 1.54) is 0 Å². The van der Waals surface area contributed by atoms with E-state index in [2.05, 4.69) is 16.0 Å². The minimum absolute atomic E-state index is 0. The molecular weight excluding hydrogens is 318 g/mol. The Balaban J connectivity index is 0.00000264. The molecule has 0 aliphatic carbocycles. The Bertz CT molecular complexity index is 502. The number of carbonyl (C=O) groups excluding carboxylic acids is 2. The van der Waals surface area contributed by atoms with Crippen LogP contribution in [0.1, 0.15) is 22.3 Å². The maximum absolute atomic E-state index is 11.9. The van der Waals surface area contributed by atoms with Gasteiger partial charge in [-0.2, -0.15) is 0 Å². The molecule has 1 heterocycles. The highest BCUT2D eigenvalue weighted by Gasteiger charge is 2.16. The van der Waals surface area contributed by atoms with Crippen molar-refractivity contribution in [3.63, 3.8) is 0 Å². The third kappa shape index (κ3) is 6.99. The summed E-state index contributed by atoms with van der Waals surface area (Å²) in [6.45, 7) is 4.85. The molecule has 0 spiro atoms. The maximum atomic E-state index is 11.9. The molecule has 2 rings (SSSR count). The van der Waals surface area contributed by atoms with Crippen molar-refractivity contribution in [1.82, 2.24) is 16.0 Å². The minimum Gasteiger partial charge on any atom is -0.378 e. The molecule has 0 bridgehead atoms. The molecule has 23 heavy (non-hydrogen) atoms. The molecule has 6 nitrogen and oxygen atoms in total. The fourth-order valence-corrected chi connectivity index (χ4v) is 2.23. The summed E-state index contributed by atoms with van der Waals surface area (Å²) >= 11 is 0. The van der Waals surface area contributed by atoms with Crippen molar-refractivity contribution >= 4 is 24.2 Å². The van der Waals surface area contributed by atoms with Crippen LogP contribution in [0.25, 0.3) is 0 Å². The largest absolute Gasteiger partial charge is 0.378 e. The summed E-state index contributed by atoms with van der Waals surface area (Å²) in [6, 6.07) is 7.46. The fraction of sp³-hybridized carbons (Fsp3) is 0.500. The number of carbonyl (C=O) groups is 2. The molecule has 128 valence electrons. The van der Waals surface area contributed by atoms with Crippen LogP contribution >= 0.6 is 12.4 Å². The van der Waals surface area contributed by atoms with Crippen molar-refractivity contribution in [1.29, 1.82) is 0 Å². The van der Waals surface area contributed by atoms with Crippen molar-refractivity contribution in [2.75, 3.05) is 32.8 Å². The Morgan fingerprint density at radius 1 is 1.22 bits per heavy atom. The summed E-state index contributed by atoms with van der Waals surface area (Å²) < 4.78 is 5.30. The monoisotopic (exact) mass is 341 g/mol. The first-order valence-electron chi connectivity index (χ1n) is 7.58. The zero-order valence-electron chi connectivity index (χ0n) is 13.3. The Morgan fingerprint density at radius 2 is 1.91 bits per heavy atom. The Hall–Kier alpha value is -1.63. The normalized spacial score (nSPS) is 17.0. The van der Waals surface area contributed by atoms with Gasteiger partial charge in [-0.3, -0.25) is 9.59 Å². The van der Waals surface area contributed by atoms with Crippen LogP contribution in [0.2, 0.25) is 0 Å². The zero-order chi connectivity index (χ0) is 15.8. The standard InChI is InChI=1S/C16H23N3O3.ClH/c1-12-2-4-13(5-3-12)16(21)19-7-6-18-15(20)10-14-11-22-9-8-17-14;/h2-5,14,17H,6-11H2,1H3,(H,18,20)(H,19,21);1H. The van der Waals surface area contributed by atoms with Gasteiger partial charge in [0.1, 0.15) is 0 Å². The lowest BCUT2D eigenvalue weighted by Gasteiger charge is -2.23. The van der Waals surface area contributed by atoms with E-state index >= 15 is 0 Å². The lowest BCUT2D eigenvalue weighted by molar-refractivity contribution is -0.122. The van der Waals surface area contributed by atoms with Gasteiger partial charge in [-0.15, -0.1) is 12.4 Å². The summed E-state index contributed by atoms with van der Waals surface area (Å²) in [7, 11) is 0. The molecule has 1 aliphatic rings. The summed E-state index contributed by atoms with van der Waals surface area (Å²) in [6.07, 6.45) is 0.395. The number of benzene rings is 1. The van der Waals surface area contributed by atoms with E-state index < -0.39 is 0 Å². The van der Waals surface area contributed by atoms with Gasteiger partial charge < -0.3 is 20.7 Å². The lowest BCUT2D eigenvalue weighted by atomic mass is 10.1. The van der Waals surface area contributed by atoms with Gasteiger partial charge in [-0.25, -0.2) is 0 Å². The van der Waals surface area contributed by atoms with E-state index in [-0.39, 0.29) is 30.3 Å². The van der Waals surface area contributed by atoms with Gasteiger partial charge in [0.05, 0.1) is 13.2 Å². The van der Waals surface area contributed by atoms with Crippen LogP contribution in [0.15, 0.2) is 24.3 Å². The van der Waals surface area contributed by atoms with Crippen molar-refractivity contribution < 1.29 is 14.3 Å². The number of aryl methyl sites for hydroxylation is 1. The van der Waals surface area contributed by atoms with Gasteiger partial charge in [0.2, 0.25) is 5.91 Å². The van der Waals surface area contributed by atoms with Gasteiger partial charge in [0.15, 0.2) is 0 Å². The SMILES string of the molecule is Cc1ccc(C(=O)NCCNC(=O)CC2COCCN2)cc1.Cl. The molecule has 0 aromatic heterocycles. The fourth-order valence-electron chi connectivity index (χ4n) is 2.23. The molecule has 1 fully saturated rings. The highest BCUT2D eigenvalue weighted by Crippen LogP contribution is 2.02. The van der Waals surface area contributed by atoms with Crippen LogP contribution in [-0.4, -0.2) is 50.7 Å². The first kappa shape index (κ1) is 19.4. The number of amides is 2. The molecule has 0 radical (unpaired) electrons. The average molecular weight is 342 g/mol. The van der Waals surface area contributed by atoms with Crippen molar-refractivity contribution in [2.24, 2.45) is 0 Å². The van der Waals surface area contributed by atoms with Crippen molar-refractivity contribution in [2.45, 2.75) is 19.4 Å². The number of hydrogen-bond acceptors (Lipinski definition) is 4. The van der Waals surface area contributed by atoms with E-state index in [0.717, 1.165) is 12.1 Å². The summed E-state index contributed by atoms with van der Waals surface area (Å²) in [5.74, 6) is -0.163. The van der Waals surface area contributed by atoms with Crippen molar-refractivity contribution in [3.05, 3.63) is 35.4 Å². The predicted molar refractivity (Wildman–Crippen MR) is 91.0 cm³/mol. The van der Waals surface area contributed by atoms with E-state index in [1.54, 1.807) is 12.1 Å². The molecular formula is C16H24ClN3O3. The highest BCUT2D eigenvalue weighted by atomic mass is 35.5. The summed E-state index contributed by atoms with van der Waals surface area (Å²) in [5, 5.41) is 8.81. The third-order valence-corrected chi connectivity index (χ3v) is 3.48. The van der Waals surface area contributed by atoms with Crippen LogP contribution in [-0.2, 0) is 9.53 Å². The molecule has 2 amide bonds. The number of morpholine rings is 1. The van der Waals surface area contributed by atoms with E-state index in [9.17, 15) is 9.59 Å². The van der Waals surface area contributed by atoms with Crippen molar-refractivity contribution in [3.8, 4) is 0 Å². The smallest absolute Gasteiger partial charge is 0.251 e. The van der Waals surface area contributed by atoms with Crippen LogP contribution in [0.5, 0.6) is 0 Å². The molecule has 1 saturated heterocycles. The molecule has 1 aliphatic heterocycles. The summed E-state index contributed by atoms with van der Waals surface area (Å²) in [5.41, 5.74) is 1.74. The minimum atomic E-state index is -0.128. The average Bonchev–Trinajstić information content (AvgIpc) is 2.53. The van der Waals surface area contributed by atoms with Gasteiger partial charge in [0.25, 0.3) is 5.91 Å². The second-order valence-corrected chi connectivity index (χ2v) is 5.40. The first-order chi connectivity index (χ1) is 10.6. The van der Waals surface area contributed by atoms with Crippen LogP contribution in [0.3, 0.4) is 0 Å². The highest BCUT2D eigenvalue weighted by molar-refractivity contribution is 5.94. The quantitative estimate of drug-likeness (QED) is 0.663. The molecule has 1 unspecified atom stereocenters. The Labute approximate surface area is 142 Å². The predicted octanol–water partition coefficient (Wildman–Crippen LogP) is 0.641. The molecule has 0 saturated carbocycles. The Morgan fingerprint density at radius 3 is 2.57 bits per heavy atom. The first-order valence-corrected chi connectivity index (χ1v) is 7.58. The van der Waals surface area contributed by atoms with Gasteiger partial charge in [0, 0.05) is 37.7 Å². The molecule has 1 atom stereocenters. The summed E-state index contributed by atoms with van der Waals surface area (Å²) in [4.78, 5) is 23.6. The Kier molecular flexibility index (Phi) is 8.61. The lowest BCUT2D eigenvalue weighted by Crippen LogP contribution is -2.45. The third-order valence-electron chi connectivity index (χ3n) is 3.48. The number of rotatable bonds is 6. The maximum Gasteiger partial charge on any atom is 0.251 e. The second kappa shape index (κ2) is 10.2. The molecule has 1 aromatic rings. The molecule has 1 aromatic carbocycles. The molecule has 7 heteroatoms. The number of ether oxygens (including phenoxy) is 1. The number of nitrogens with one attached hydrogen (secondary N) is 3. The second-order valence-electron chi connectivity index (χ2n) is 5.40. The van der Waals surface area contributed by atoms with Crippen LogP contribution < -0.4 is 16.0 Å². The van der Waals surface area contributed by atoms with Gasteiger partial charge >= 0.3 is 0 Å². The van der Waals surface area contributed by atoms with Crippen LogP contribution in [0, 0.1) is 6.92 Å². The number of halogens is 1. The molecule has 3 N–H and O–H groups in total. The van der Waals surface area contributed by atoms with Gasteiger partial charge in [-0.1, -0.05) is 17.7 Å². The van der Waals surface area contributed by atoms with E-state index in [1.807, 2.05) is 19.1 Å². The zero-order valence-corrected chi connectivity index (χ0v) is 14.1. The van der Waals surface area contributed by atoms with Crippen LogP contribution in [0.4, 0.5) is 0 Å². The van der Waals surface area contributed by atoms with E-state index in [0.29, 0.717) is 38.3 Å².